The van der Waals surface area contributed by atoms with Crippen molar-refractivity contribution in [2.45, 2.75) is 25.8 Å². The van der Waals surface area contributed by atoms with E-state index in [1.54, 1.807) is 6.20 Å². The van der Waals surface area contributed by atoms with Crippen LogP contribution >= 0.6 is 0 Å². The number of pyridine rings is 2. The van der Waals surface area contributed by atoms with Gasteiger partial charge in [0.1, 0.15) is 0 Å². The fraction of sp³-hybridized carbons (Fsp3) is 0.190. The third-order valence-corrected chi connectivity index (χ3v) is 4.53. The number of nitrogens with zero attached hydrogens (tertiary/aromatic N) is 4. The van der Waals surface area contributed by atoms with Crippen molar-refractivity contribution in [2.24, 2.45) is 5.73 Å². The Morgan fingerprint density at radius 2 is 1.85 bits per heavy atom. The highest BCUT2D eigenvalue weighted by molar-refractivity contribution is 5.80. The number of para-hydroxylation sites is 1. The normalized spacial score (nSPS) is 12.4. The monoisotopic (exact) mass is 343 g/mol. The number of hydrogen-bond donors (Lipinski definition) is 1. The first kappa shape index (κ1) is 16.4. The van der Waals surface area contributed by atoms with Gasteiger partial charge in [-0.25, -0.2) is 4.68 Å². The third-order valence-electron chi connectivity index (χ3n) is 4.53. The molecule has 0 aliphatic rings. The van der Waals surface area contributed by atoms with E-state index in [-0.39, 0.29) is 6.04 Å². The van der Waals surface area contributed by atoms with Crippen LogP contribution in [0.3, 0.4) is 0 Å². The van der Waals surface area contributed by atoms with Crippen LogP contribution in [0.1, 0.15) is 30.0 Å². The van der Waals surface area contributed by atoms with E-state index in [0.29, 0.717) is 6.42 Å². The highest BCUT2D eigenvalue weighted by Crippen LogP contribution is 2.24. The van der Waals surface area contributed by atoms with Gasteiger partial charge in [-0.3, -0.25) is 9.97 Å². The molecular formula is C21H21N5. The Balaban J connectivity index is 1.71. The Morgan fingerprint density at radius 1 is 1.00 bits per heavy atom. The van der Waals surface area contributed by atoms with Crippen molar-refractivity contribution < 1.29 is 0 Å². The second kappa shape index (κ2) is 7.06. The van der Waals surface area contributed by atoms with Crippen LogP contribution < -0.4 is 5.73 Å². The molecule has 0 unspecified atom stereocenters. The summed E-state index contributed by atoms with van der Waals surface area (Å²) in [6, 6.07) is 17.9. The molecular weight excluding hydrogens is 322 g/mol. The van der Waals surface area contributed by atoms with Gasteiger partial charge < -0.3 is 5.73 Å². The molecule has 0 saturated heterocycles. The molecule has 4 rings (SSSR count). The lowest BCUT2D eigenvalue weighted by Crippen LogP contribution is -2.18. The van der Waals surface area contributed by atoms with Gasteiger partial charge in [0.2, 0.25) is 0 Å². The Kier molecular flexibility index (Phi) is 4.46. The lowest BCUT2D eigenvalue weighted by atomic mass is 10.1. The van der Waals surface area contributed by atoms with E-state index < -0.39 is 0 Å². The molecule has 0 spiro atoms. The van der Waals surface area contributed by atoms with Gasteiger partial charge in [0, 0.05) is 29.4 Å². The zero-order chi connectivity index (χ0) is 17.9. The van der Waals surface area contributed by atoms with Crippen LogP contribution in [0.15, 0.2) is 67.0 Å². The lowest BCUT2D eigenvalue weighted by molar-refractivity contribution is 0.670. The van der Waals surface area contributed by atoms with Crippen molar-refractivity contribution in [1.82, 2.24) is 19.7 Å². The summed E-state index contributed by atoms with van der Waals surface area (Å²) in [5.74, 6) is 0. The van der Waals surface area contributed by atoms with Gasteiger partial charge in [0.15, 0.2) is 0 Å². The average Bonchev–Trinajstić information content (AvgIpc) is 3.12. The first-order valence-electron chi connectivity index (χ1n) is 8.84. The second-order valence-electron chi connectivity index (χ2n) is 6.31. The zero-order valence-corrected chi connectivity index (χ0v) is 14.7. The molecule has 2 N–H and O–H groups in total. The molecule has 0 radical (unpaired) electrons. The first-order valence-corrected chi connectivity index (χ1v) is 8.84. The van der Waals surface area contributed by atoms with E-state index in [2.05, 4.69) is 34.1 Å². The fourth-order valence-corrected chi connectivity index (χ4v) is 3.20. The molecule has 5 heteroatoms. The van der Waals surface area contributed by atoms with Crippen LogP contribution in [0.4, 0.5) is 0 Å². The van der Waals surface area contributed by atoms with Crippen molar-refractivity contribution in [3.63, 3.8) is 0 Å². The van der Waals surface area contributed by atoms with Crippen molar-refractivity contribution in [3.05, 3.63) is 84.1 Å². The van der Waals surface area contributed by atoms with Crippen LogP contribution in [-0.4, -0.2) is 19.7 Å². The topological polar surface area (TPSA) is 69.6 Å². The van der Waals surface area contributed by atoms with Crippen molar-refractivity contribution >= 4 is 10.9 Å². The number of benzene rings is 1. The predicted octanol–water partition coefficient (Wildman–Crippen LogP) is 3.62. The van der Waals surface area contributed by atoms with Gasteiger partial charge in [0.05, 0.1) is 29.1 Å². The van der Waals surface area contributed by atoms with Gasteiger partial charge in [-0.05, 0) is 36.8 Å². The highest BCUT2D eigenvalue weighted by Gasteiger charge is 2.17. The van der Waals surface area contributed by atoms with Crippen LogP contribution in [0.25, 0.3) is 16.6 Å². The maximum Gasteiger partial charge on any atom is 0.0884 e. The maximum absolute atomic E-state index is 6.53. The standard InChI is InChI=1S/C21H21N5/c1-2-16-8-5-9-17(25-16)13-18(22)21-20(11-6-12-23-21)26-19-10-4-3-7-15(19)14-24-26/h3-12,14,18H,2,13,22H2,1H3/t18-/m0/s1. The molecule has 0 bridgehead atoms. The molecule has 5 nitrogen and oxygen atoms in total. The molecule has 4 aromatic rings. The van der Waals surface area contributed by atoms with Gasteiger partial charge in [0.25, 0.3) is 0 Å². The molecule has 1 aromatic carbocycles. The van der Waals surface area contributed by atoms with Crippen LogP contribution in [0.5, 0.6) is 0 Å². The summed E-state index contributed by atoms with van der Waals surface area (Å²) < 4.78 is 1.91. The number of aromatic nitrogens is 4. The minimum absolute atomic E-state index is 0.256. The van der Waals surface area contributed by atoms with E-state index in [4.69, 9.17) is 5.73 Å². The molecule has 26 heavy (non-hydrogen) atoms. The van der Waals surface area contributed by atoms with E-state index >= 15 is 0 Å². The summed E-state index contributed by atoms with van der Waals surface area (Å²) in [7, 11) is 0. The minimum Gasteiger partial charge on any atom is -0.322 e. The summed E-state index contributed by atoms with van der Waals surface area (Å²) in [6.45, 7) is 2.10. The highest BCUT2D eigenvalue weighted by atomic mass is 15.3. The second-order valence-corrected chi connectivity index (χ2v) is 6.31. The molecule has 0 amide bonds. The quantitative estimate of drug-likeness (QED) is 0.601. The largest absolute Gasteiger partial charge is 0.322 e. The molecule has 0 aliphatic carbocycles. The number of aryl methyl sites for hydroxylation is 1. The van der Waals surface area contributed by atoms with E-state index in [1.165, 1.54) is 0 Å². The van der Waals surface area contributed by atoms with Crippen molar-refractivity contribution in [2.75, 3.05) is 0 Å². The summed E-state index contributed by atoms with van der Waals surface area (Å²) >= 11 is 0. The molecule has 1 atom stereocenters. The molecule has 0 saturated carbocycles. The van der Waals surface area contributed by atoms with Crippen molar-refractivity contribution in [3.8, 4) is 5.69 Å². The summed E-state index contributed by atoms with van der Waals surface area (Å²) in [4.78, 5) is 9.24. The first-order chi connectivity index (χ1) is 12.8. The third kappa shape index (κ3) is 3.09. The smallest absolute Gasteiger partial charge is 0.0884 e. The fourth-order valence-electron chi connectivity index (χ4n) is 3.20. The maximum atomic E-state index is 6.53. The van der Waals surface area contributed by atoms with Gasteiger partial charge in [-0.2, -0.15) is 5.10 Å². The Hall–Kier alpha value is -3.05. The molecule has 3 aromatic heterocycles. The van der Waals surface area contributed by atoms with Crippen molar-refractivity contribution in [1.29, 1.82) is 0 Å². The summed E-state index contributed by atoms with van der Waals surface area (Å²) in [6.07, 6.45) is 5.19. The molecule has 3 heterocycles. The Morgan fingerprint density at radius 3 is 2.73 bits per heavy atom. The zero-order valence-electron chi connectivity index (χ0n) is 14.7. The number of nitrogens with two attached hydrogens (primary N) is 1. The van der Waals surface area contributed by atoms with Crippen LogP contribution in [0.2, 0.25) is 0 Å². The summed E-state index contributed by atoms with van der Waals surface area (Å²) in [5, 5.41) is 5.64. The van der Waals surface area contributed by atoms with E-state index in [1.807, 2.05) is 53.3 Å². The Labute approximate surface area is 152 Å². The minimum atomic E-state index is -0.256. The van der Waals surface area contributed by atoms with Gasteiger partial charge >= 0.3 is 0 Å². The predicted molar refractivity (Wildman–Crippen MR) is 103 cm³/mol. The number of hydrogen-bond acceptors (Lipinski definition) is 4. The van der Waals surface area contributed by atoms with E-state index in [9.17, 15) is 0 Å². The SMILES string of the molecule is CCc1cccc(C[C@H](N)c2ncccc2-n2ncc3ccccc32)n1. The number of fused-ring (bicyclic) bond motifs is 1. The van der Waals surface area contributed by atoms with E-state index in [0.717, 1.165) is 40.1 Å². The molecule has 130 valence electrons. The average molecular weight is 343 g/mol. The summed E-state index contributed by atoms with van der Waals surface area (Å²) in [5.41, 5.74) is 11.4. The van der Waals surface area contributed by atoms with Crippen LogP contribution in [-0.2, 0) is 12.8 Å². The van der Waals surface area contributed by atoms with Gasteiger partial charge in [-0.1, -0.05) is 31.2 Å². The Bertz CT molecular complexity index is 1040. The molecule has 0 fully saturated rings. The lowest BCUT2D eigenvalue weighted by Gasteiger charge is -2.16. The molecule has 0 aliphatic heterocycles. The van der Waals surface area contributed by atoms with Gasteiger partial charge in [-0.15, -0.1) is 0 Å². The van der Waals surface area contributed by atoms with Crippen LogP contribution in [0, 0.1) is 0 Å². The number of rotatable bonds is 5.